The fourth-order valence-electron chi connectivity index (χ4n) is 2.38. The summed E-state index contributed by atoms with van der Waals surface area (Å²) < 4.78 is 23.5. The van der Waals surface area contributed by atoms with Crippen LogP contribution in [0.15, 0.2) is 35.6 Å². The molecule has 2 unspecified atom stereocenters. The van der Waals surface area contributed by atoms with Crippen LogP contribution in [0.4, 0.5) is 0 Å². The zero-order chi connectivity index (χ0) is 21.4. The van der Waals surface area contributed by atoms with E-state index in [1.165, 1.54) is 0 Å². The molecule has 0 radical (unpaired) electrons. The average molecular weight is 446 g/mol. The standard InChI is InChI=1S/C12H18NO2.C8H7ClN2OS.Na/c1-4-11(3)14-7-8-15-12-5-6-13-9-10(12)2;1-13(12)8-10-6-3-2-5(9)4-7(6)11-8;/h5-6,11H,4,7-8H2,1-3H3;2-4H,1H3,(H,10,11);. The topological polar surface area (TPSA) is 83.1 Å². The van der Waals surface area contributed by atoms with Crippen LogP contribution in [0.3, 0.4) is 0 Å². The van der Waals surface area contributed by atoms with Crippen molar-refractivity contribution in [3.8, 4) is 5.75 Å². The van der Waals surface area contributed by atoms with Gasteiger partial charge in [0.25, 0.3) is 0 Å². The van der Waals surface area contributed by atoms with E-state index in [2.05, 4.69) is 35.7 Å². The second kappa shape index (κ2) is 12.2. The monoisotopic (exact) mass is 445 g/mol. The number of hydrogen-bond acceptors (Lipinski definition) is 5. The van der Waals surface area contributed by atoms with Crippen LogP contribution in [0, 0.1) is 6.92 Å². The van der Waals surface area contributed by atoms with Crippen LogP contribution in [0.2, 0.25) is 5.02 Å². The molecule has 0 aliphatic rings. The first-order valence-electron chi connectivity index (χ1n) is 9.47. The van der Waals surface area contributed by atoms with Crippen molar-refractivity contribution in [3.05, 3.63) is 41.0 Å². The van der Waals surface area contributed by atoms with Gasteiger partial charge in [-0.25, -0.2) is 0 Å². The number of nitrogens with one attached hydrogen (secondary N) is 1. The maximum atomic E-state index is 11.1. The number of pyridine rings is 1. The van der Waals surface area contributed by atoms with Crippen LogP contribution in [-0.4, -0.2) is 73.0 Å². The number of H-pyrrole nitrogens is 1. The van der Waals surface area contributed by atoms with E-state index in [1.54, 1.807) is 24.6 Å². The van der Waals surface area contributed by atoms with Crippen molar-refractivity contribution in [2.45, 2.75) is 38.5 Å². The molecule has 3 rings (SSSR count). The summed E-state index contributed by atoms with van der Waals surface area (Å²) in [4.78, 5) is 11.3. The Kier molecular flexibility index (Phi) is 10.3. The molecule has 0 spiro atoms. The molecular formula is C20H25ClN3NaO3S. The normalized spacial score (nSPS) is 13.0. The molecule has 0 saturated carbocycles. The van der Waals surface area contributed by atoms with Crippen LogP contribution < -0.4 is 7.68 Å². The molecule has 0 bridgehead atoms. The van der Waals surface area contributed by atoms with Gasteiger partial charge in [0.15, 0.2) is 0 Å². The van der Waals surface area contributed by atoms with Crippen molar-refractivity contribution in [3.63, 3.8) is 0 Å². The summed E-state index contributed by atoms with van der Waals surface area (Å²) in [6.45, 7) is 7.50. The summed E-state index contributed by atoms with van der Waals surface area (Å²) in [5.74, 6) is 0.938. The molecule has 152 valence electrons. The van der Waals surface area contributed by atoms with Crippen molar-refractivity contribution in [2.75, 3.05) is 19.5 Å². The van der Waals surface area contributed by atoms with Crippen LogP contribution in [0.1, 0.15) is 25.8 Å². The quantitative estimate of drug-likeness (QED) is 0.342. The van der Waals surface area contributed by atoms with Gasteiger partial charge in [0, 0.05) is 16.2 Å². The van der Waals surface area contributed by atoms with Gasteiger partial charge in [-0.15, -0.1) is 0 Å². The zero-order valence-electron chi connectivity index (χ0n) is 17.5. The van der Waals surface area contributed by atoms with E-state index in [9.17, 15) is 4.55 Å². The second-order valence-electron chi connectivity index (χ2n) is 6.62. The van der Waals surface area contributed by atoms with E-state index in [0.717, 1.165) is 59.6 Å². The van der Waals surface area contributed by atoms with E-state index in [-0.39, 0.29) is 0 Å². The molecule has 6 nitrogen and oxygen atoms in total. The minimum Gasteiger partial charge on any atom is -0.609 e. The number of imidazole rings is 1. The van der Waals surface area contributed by atoms with Gasteiger partial charge in [0.1, 0.15) is 6.26 Å². The molecule has 0 fully saturated rings. The van der Waals surface area contributed by atoms with Crippen molar-refractivity contribution in [1.29, 1.82) is 0 Å². The van der Waals surface area contributed by atoms with Gasteiger partial charge in [0.05, 0.1) is 11.0 Å². The predicted molar refractivity (Wildman–Crippen MR) is 119 cm³/mol. The Morgan fingerprint density at radius 3 is 2.76 bits per heavy atom. The number of aromatic amines is 1. The SMILES string of the molecule is CCC(C)OCCOc1ccn[c]([Na])c1C.C[S+]([O-])c1nc2cc(Cl)ccc2[nH]1. The van der Waals surface area contributed by atoms with Crippen molar-refractivity contribution >= 4 is 64.7 Å². The first kappa shape index (κ1) is 24.5. The Bertz CT molecular complexity index is 923. The van der Waals surface area contributed by atoms with E-state index in [0.29, 0.717) is 29.5 Å². The molecule has 1 N–H and O–H groups in total. The third kappa shape index (κ3) is 7.75. The Morgan fingerprint density at radius 2 is 2.07 bits per heavy atom. The molecule has 1 aromatic carbocycles. The smallest absolute Gasteiger partial charge is 0.321 e. The van der Waals surface area contributed by atoms with Gasteiger partial charge in [-0.05, 0) is 18.2 Å². The summed E-state index contributed by atoms with van der Waals surface area (Å²) >= 11 is 5.66. The molecule has 29 heavy (non-hydrogen) atoms. The third-order valence-corrected chi connectivity index (χ3v) is 6.40. The van der Waals surface area contributed by atoms with Crippen molar-refractivity contribution in [2.24, 2.45) is 0 Å². The number of fused-ring (bicyclic) bond motifs is 1. The van der Waals surface area contributed by atoms with Crippen LogP contribution in [-0.2, 0) is 15.9 Å². The molecule has 0 aliphatic carbocycles. The zero-order valence-corrected chi connectivity index (χ0v) is 21.1. The number of nitrogens with zero attached hydrogens (tertiary/aromatic N) is 2. The Balaban J connectivity index is 0.000000211. The number of hydrogen-bond donors (Lipinski definition) is 1. The van der Waals surface area contributed by atoms with Gasteiger partial charge in [-0.3, -0.25) is 4.98 Å². The number of halogens is 1. The first-order valence-corrected chi connectivity index (χ1v) is 12.4. The largest absolute Gasteiger partial charge is 0.609 e. The Morgan fingerprint density at radius 1 is 1.31 bits per heavy atom. The van der Waals surface area contributed by atoms with Crippen LogP contribution in [0.25, 0.3) is 11.0 Å². The summed E-state index contributed by atoms with van der Waals surface area (Å²) in [7, 11) is 0. The Hall–Kier alpha value is -0.800. The summed E-state index contributed by atoms with van der Waals surface area (Å²) in [5.41, 5.74) is 2.77. The van der Waals surface area contributed by atoms with Gasteiger partial charge >= 0.3 is 121 Å². The van der Waals surface area contributed by atoms with Gasteiger partial charge < -0.3 is 4.55 Å². The maximum absolute atomic E-state index is 11.1. The molecule has 2 aromatic heterocycles. The molecule has 2 atom stereocenters. The van der Waals surface area contributed by atoms with E-state index in [1.807, 2.05) is 12.1 Å². The summed E-state index contributed by atoms with van der Waals surface area (Å²) in [6, 6.07) is 7.25. The van der Waals surface area contributed by atoms with Crippen molar-refractivity contribution < 1.29 is 14.0 Å². The molecule has 0 aliphatic heterocycles. The minimum absolute atomic E-state index is 0.316. The van der Waals surface area contributed by atoms with Gasteiger partial charge in [-0.2, -0.15) is 4.98 Å². The van der Waals surface area contributed by atoms with Gasteiger partial charge in [0.2, 0.25) is 0 Å². The average Bonchev–Trinajstić information content (AvgIpc) is 3.12. The molecular weight excluding hydrogens is 421 g/mol. The third-order valence-electron chi connectivity index (χ3n) is 4.42. The van der Waals surface area contributed by atoms with Crippen LogP contribution >= 0.6 is 11.6 Å². The molecule has 2 heterocycles. The van der Waals surface area contributed by atoms with E-state index in [4.69, 9.17) is 21.1 Å². The second-order valence-corrected chi connectivity index (χ2v) is 9.29. The molecule has 0 saturated heterocycles. The fourth-order valence-corrected chi connectivity index (χ4v) is 3.43. The van der Waals surface area contributed by atoms with E-state index >= 15 is 0 Å². The van der Waals surface area contributed by atoms with E-state index < -0.39 is 11.2 Å². The minimum atomic E-state index is -1.08. The fraction of sp³-hybridized carbons (Fsp3) is 0.400. The molecule has 9 heteroatoms. The van der Waals surface area contributed by atoms with Gasteiger partial charge in [-0.1, -0.05) is 11.6 Å². The van der Waals surface area contributed by atoms with Crippen LogP contribution in [0.5, 0.6) is 5.75 Å². The summed E-state index contributed by atoms with van der Waals surface area (Å²) in [5, 5.41) is 1.12. The summed E-state index contributed by atoms with van der Waals surface area (Å²) in [6.07, 6.45) is 4.75. The molecule has 3 aromatic rings. The number of ether oxygens (including phenoxy) is 2. The number of rotatable bonds is 7. The maximum Gasteiger partial charge on any atom is 0.321 e. The molecule has 0 amide bonds. The van der Waals surface area contributed by atoms with Crippen molar-refractivity contribution in [1.82, 2.24) is 15.0 Å². The Labute approximate surface area is 197 Å². The first-order chi connectivity index (χ1) is 13.8. The number of benzene rings is 1. The predicted octanol–water partition coefficient (Wildman–Crippen LogP) is 3.33. The number of aromatic nitrogens is 3.